The predicted molar refractivity (Wildman–Crippen MR) is 118 cm³/mol. The molecule has 0 aliphatic carbocycles. The Kier molecular flexibility index (Phi) is 13.2. The van der Waals surface area contributed by atoms with Crippen LogP contribution in [0.5, 0.6) is 5.75 Å². The van der Waals surface area contributed by atoms with Crippen LogP contribution in [0.2, 0.25) is 0 Å². The summed E-state index contributed by atoms with van der Waals surface area (Å²) in [6.07, 6.45) is 1.89. The second kappa shape index (κ2) is 14.9. The molecule has 1 aromatic rings. The Morgan fingerprint density at radius 1 is 1.19 bits per heavy atom. The Labute approximate surface area is 178 Å². The molecular weight excluding hydrogens is 462 g/mol. The fourth-order valence-corrected chi connectivity index (χ4v) is 2.65. The number of nitrogens with zero attached hydrogens (tertiary/aromatic N) is 2. The number of morpholine rings is 1. The smallest absolute Gasteiger partial charge is 0.191 e. The lowest BCUT2D eigenvalue weighted by Crippen LogP contribution is -2.40. The first-order valence-corrected chi connectivity index (χ1v) is 9.48. The van der Waals surface area contributed by atoms with Crippen molar-refractivity contribution in [3.8, 4) is 5.75 Å². The number of aliphatic imine (C=N–C) groups is 1. The minimum absolute atomic E-state index is 0. The van der Waals surface area contributed by atoms with Gasteiger partial charge in [-0.25, -0.2) is 4.39 Å². The van der Waals surface area contributed by atoms with E-state index in [9.17, 15) is 4.39 Å². The van der Waals surface area contributed by atoms with Gasteiger partial charge in [-0.15, -0.1) is 24.0 Å². The summed E-state index contributed by atoms with van der Waals surface area (Å²) >= 11 is 0. The molecule has 27 heavy (non-hydrogen) atoms. The molecule has 0 atom stereocenters. The maximum Gasteiger partial charge on any atom is 0.191 e. The highest BCUT2D eigenvalue weighted by Crippen LogP contribution is 2.11. The minimum atomic E-state index is -0.253. The number of hydrogen-bond acceptors (Lipinski definition) is 4. The van der Waals surface area contributed by atoms with Crippen LogP contribution in [0.3, 0.4) is 0 Å². The number of hydrogen-bond donors (Lipinski definition) is 2. The Morgan fingerprint density at radius 2 is 1.93 bits per heavy atom. The first-order chi connectivity index (χ1) is 12.8. The van der Waals surface area contributed by atoms with E-state index in [-0.39, 0.29) is 29.8 Å². The van der Waals surface area contributed by atoms with Crippen LogP contribution in [-0.4, -0.2) is 69.9 Å². The number of ether oxygens (including phenoxy) is 2. The molecule has 0 amide bonds. The molecule has 1 aromatic carbocycles. The Balaban J connectivity index is 0.00000364. The lowest BCUT2D eigenvalue weighted by Gasteiger charge is -2.26. The van der Waals surface area contributed by atoms with Crippen LogP contribution >= 0.6 is 24.0 Å². The van der Waals surface area contributed by atoms with Gasteiger partial charge in [0.25, 0.3) is 0 Å². The van der Waals surface area contributed by atoms with Crippen LogP contribution in [0, 0.1) is 5.82 Å². The van der Waals surface area contributed by atoms with Crippen LogP contribution < -0.4 is 15.4 Å². The van der Waals surface area contributed by atoms with Gasteiger partial charge in [-0.2, -0.15) is 0 Å². The third-order valence-electron chi connectivity index (χ3n) is 4.05. The molecule has 0 saturated carbocycles. The SMILES string of the molecule is CCNC(=NCCCOc1ccc(F)cc1)NCCCN1CCOCC1.I. The monoisotopic (exact) mass is 494 g/mol. The number of nitrogens with one attached hydrogen (secondary N) is 2. The van der Waals surface area contributed by atoms with Crippen LogP contribution in [0.25, 0.3) is 0 Å². The van der Waals surface area contributed by atoms with Crippen LogP contribution in [-0.2, 0) is 4.74 Å². The second-order valence-corrected chi connectivity index (χ2v) is 6.15. The molecule has 1 aliphatic heterocycles. The van der Waals surface area contributed by atoms with Crippen molar-refractivity contribution in [3.63, 3.8) is 0 Å². The van der Waals surface area contributed by atoms with Crippen molar-refractivity contribution in [2.75, 3.05) is 59.1 Å². The second-order valence-electron chi connectivity index (χ2n) is 6.15. The number of benzene rings is 1. The third-order valence-corrected chi connectivity index (χ3v) is 4.05. The minimum Gasteiger partial charge on any atom is -0.494 e. The summed E-state index contributed by atoms with van der Waals surface area (Å²) in [5, 5.41) is 6.63. The lowest BCUT2D eigenvalue weighted by molar-refractivity contribution is 0.0376. The average molecular weight is 494 g/mol. The zero-order valence-electron chi connectivity index (χ0n) is 16.1. The fourth-order valence-electron chi connectivity index (χ4n) is 2.65. The molecule has 0 spiro atoms. The molecule has 0 radical (unpaired) electrons. The van der Waals surface area contributed by atoms with E-state index in [1.807, 2.05) is 0 Å². The molecule has 0 aromatic heterocycles. The molecule has 1 fully saturated rings. The lowest BCUT2D eigenvalue weighted by atomic mass is 10.3. The molecule has 0 bridgehead atoms. The van der Waals surface area contributed by atoms with Gasteiger partial charge in [0.2, 0.25) is 0 Å². The molecule has 0 unspecified atom stereocenters. The van der Waals surface area contributed by atoms with Gasteiger partial charge in [0.05, 0.1) is 19.8 Å². The van der Waals surface area contributed by atoms with E-state index in [1.54, 1.807) is 12.1 Å². The predicted octanol–water partition coefficient (Wildman–Crippen LogP) is 2.49. The van der Waals surface area contributed by atoms with Crippen molar-refractivity contribution in [2.24, 2.45) is 4.99 Å². The van der Waals surface area contributed by atoms with Gasteiger partial charge >= 0.3 is 0 Å². The van der Waals surface area contributed by atoms with E-state index in [4.69, 9.17) is 9.47 Å². The first-order valence-electron chi connectivity index (χ1n) is 9.48. The van der Waals surface area contributed by atoms with Gasteiger partial charge in [-0.1, -0.05) is 0 Å². The summed E-state index contributed by atoms with van der Waals surface area (Å²) in [5.41, 5.74) is 0. The van der Waals surface area contributed by atoms with Crippen molar-refractivity contribution >= 4 is 29.9 Å². The quantitative estimate of drug-likeness (QED) is 0.227. The van der Waals surface area contributed by atoms with Gasteiger partial charge in [0.1, 0.15) is 11.6 Å². The molecule has 1 heterocycles. The first kappa shape index (κ1) is 23.9. The van der Waals surface area contributed by atoms with E-state index in [0.717, 1.165) is 64.7 Å². The molecule has 2 N–H and O–H groups in total. The normalized spacial score (nSPS) is 15.1. The Hall–Kier alpha value is -1.13. The number of rotatable bonds is 10. The van der Waals surface area contributed by atoms with Crippen molar-refractivity contribution in [1.29, 1.82) is 0 Å². The third kappa shape index (κ3) is 10.7. The van der Waals surface area contributed by atoms with Crippen LogP contribution in [0.1, 0.15) is 19.8 Å². The topological polar surface area (TPSA) is 58.1 Å². The molecule has 2 rings (SSSR count). The van der Waals surface area contributed by atoms with Crippen molar-refractivity contribution < 1.29 is 13.9 Å². The zero-order chi connectivity index (χ0) is 18.5. The van der Waals surface area contributed by atoms with E-state index in [0.29, 0.717) is 18.9 Å². The standard InChI is InChI=1S/C19H31FN4O2.HI/c1-2-21-19(22-9-3-11-24-12-15-25-16-13-24)23-10-4-14-26-18-7-5-17(20)6-8-18;/h5-8H,2-4,9-16H2,1H3,(H2,21,22,23);1H. The fraction of sp³-hybridized carbons (Fsp3) is 0.632. The highest BCUT2D eigenvalue weighted by Gasteiger charge is 2.09. The summed E-state index contributed by atoms with van der Waals surface area (Å²) in [4.78, 5) is 7.00. The van der Waals surface area contributed by atoms with E-state index >= 15 is 0 Å². The maximum atomic E-state index is 12.8. The summed E-state index contributed by atoms with van der Waals surface area (Å²) in [7, 11) is 0. The number of halogens is 2. The van der Waals surface area contributed by atoms with Crippen molar-refractivity contribution in [2.45, 2.75) is 19.8 Å². The summed E-state index contributed by atoms with van der Waals surface area (Å²) in [6.45, 7) is 9.87. The number of guanidine groups is 1. The van der Waals surface area contributed by atoms with Crippen molar-refractivity contribution in [1.82, 2.24) is 15.5 Å². The van der Waals surface area contributed by atoms with E-state index < -0.39 is 0 Å². The molecule has 8 heteroatoms. The largest absolute Gasteiger partial charge is 0.494 e. The molecular formula is C19H32FIN4O2. The molecule has 6 nitrogen and oxygen atoms in total. The van der Waals surface area contributed by atoms with Gasteiger partial charge < -0.3 is 20.1 Å². The average Bonchev–Trinajstić information content (AvgIpc) is 2.67. The van der Waals surface area contributed by atoms with E-state index in [2.05, 4.69) is 27.4 Å². The zero-order valence-corrected chi connectivity index (χ0v) is 18.4. The van der Waals surface area contributed by atoms with Gasteiger partial charge in [-0.3, -0.25) is 9.89 Å². The van der Waals surface area contributed by atoms with Gasteiger partial charge in [0, 0.05) is 39.1 Å². The van der Waals surface area contributed by atoms with Crippen molar-refractivity contribution in [3.05, 3.63) is 30.1 Å². The summed E-state index contributed by atoms with van der Waals surface area (Å²) in [6, 6.07) is 6.08. The van der Waals surface area contributed by atoms with Crippen LogP contribution in [0.15, 0.2) is 29.3 Å². The molecule has 154 valence electrons. The van der Waals surface area contributed by atoms with E-state index in [1.165, 1.54) is 12.1 Å². The molecule has 1 aliphatic rings. The maximum absolute atomic E-state index is 12.8. The highest BCUT2D eigenvalue weighted by molar-refractivity contribution is 14.0. The molecule has 1 saturated heterocycles. The van der Waals surface area contributed by atoms with Crippen LogP contribution in [0.4, 0.5) is 4.39 Å². The highest BCUT2D eigenvalue weighted by atomic mass is 127. The Bertz CT molecular complexity index is 525. The summed E-state index contributed by atoms with van der Waals surface area (Å²) in [5.74, 6) is 1.27. The summed E-state index contributed by atoms with van der Waals surface area (Å²) < 4.78 is 23.8. The van der Waals surface area contributed by atoms with Gasteiger partial charge in [-0.05, 0) is 44.2 Å². The Morgan fingerprint density at radius 3 is 2.63 bits per heavy atom. The van der Waals surface area contributed by atoms with Gasteiger partial charge in [0.15, 0.2) is 5.96 Å².